The van der Waals surface area contributed by atoms with Crippen molar-refractivity contribution >= 4 is 11.9 Å². The van der Waals surface area contributed by atoms with Crippen molar-refractivity contribution < 1.29 is 14.7 Å². The molecule has 1 unspecified atom stereocenters. The lowest BCUT2D eigenvalue weighted by atomic mass is 9.78. The van der Waals surface area contributed by atoms with Crippen LogP contribution in [0.4, 0.5) is 4.79 Å². The number of nitrogens with one attached hydrogen (secondary N) is 3. The van der Waals surface area contributed by atoms with Gasteiger partial charge in [0.15, 0.2) is 0 Å². The smallest absolute Gasteiger partial charge is 0.321 e. The zero-order chi connectivity index (χ0) is 15.9. The van der Waals surface area contributed by atoms with E-state index in [4.69, 9.17) is 0 Å². The number of amides is 3. The van der Waals surface area contributed by atoms with Crippen molar-refractivity contribution in [2.45, 2.75) is 64.5 Å². The molecule has 1 rings (SSSR count). The number of hydrogen-bond acceptors (Lipinski definition) is 4. The molecular weight excluding hydrogens is 270 g/mol. The second-order valence-corrected chi connectivity index (χ2v) is 6.03. The lowest BCUT2D eigenvalue weighted by molar-refractivity contribution is -0.122. The van der Waals surface area contributed by atoms with Gasteiger partial charge in [-0.3, -0.25) is 10.1 Å². The summed E-state index contributed by atoms with van der Waals surface area (Å²) in [6.45, 7) is 6.51. The van der Waals surface area contributed by atoms with Crippen molar-refractivity contribution in [1.29, 1.82) is 0 Å². The minimum absolute atomic E-state index is 0.382. The third-order valence-corrected chi connectivity index (χ3v) is 4.32. The Morgan fingerprint density at radius 2 is 1.90 bits per heavy atom. The third-order valence-electron chi connectivity index (χ3n) is 4.32. The summed E-state index contributed by atoms with van der Waals surface area (Å²) in [6, 6.07) is -1.00. The quantitative estimate of drug-likeness (QED) is 0.592. The summed E-state index contributed by atoms with van der Waals surface area (Å²) in [5, 5.41) is 18.3. The Morgan fingerprint density at radius 1 is 1.29 bits per heavy atom. The number of carbonyl (C=O) groups is 2. The summed E-state index contributed by atoms with van der Waals surface area (Å²) in [4.78, 5) is 23.1. The number of urea groups is 1. The molecule has 0 aliphatic heterocycles. The highest BCUT2D eigenvalue weighted by molar-refractivity contribution is 5.96. The molecule has 1 fully saturated rings. The van der Waals surface area contributed by atoms with E-state index in [0.717, 1.165) is 32.1 Å². The van der Waals surface area contributed by atoms with Gasteiger partial charge in [-0.2, -0.15) is 0 Å². The molecule has 1 saturated carbocycles. The van der Waals surface area contributed by atoms with Gasteiger partial charge in [-0.05, 0) is 45.4 Å². The highest BCUT2D eigenvalue weighted by Crippen LogP contribution is 2.33. The standard InChI is InChI=1S/C15H29N3O3/c1-4-12-6-8-15(21,9-7-12)10-17-11(3)13(19)18-14(20)16-5-2/h11-12,17,21H,4-10H2,1-3H3,(H2,16,18,19,20). The fourth-order valence-corrected chi connectivity index (χ4v) is 2.66. The summed E-state index contributed by atoms with van der Waals surface area (Å²) in [7, 11) is 0. The van der Waals surface area contributed by atoms with Crippen molar-refractivity contribution in [1.82, 2.24) is 16.0 Å². The zero-order valence-corrected chi connectivity index (χ0v) is 13.4. The summed E-state index contributed by atoms with van der Waals surface area (Å²) in [6.07, 6.45) is 4.77. The maximum atomic E-state index is 11.8. The second kappa shape index (κ2) is 8.34. The Hall–Kier alpha value is -1.14. The van der Waals surface area contributed by atoms with Crippen LogP contribution in [0.3, 0.4) is 0 Å². The van der Waals surface area contributed by atoms with E-state index in [9.17, 15) is 14.7 Å². The Morgan fingerprint density at radius 3 is 2.43 bits per heavy atom. The van der Waals surface area contributed by atoms with E-state index < -0.39 is 17.7 Å². The first-order valence-electron chi connectivity index (χ1n) is 7.94. The van der Waals surface area contributed by atoms with Crippen LogP contribution < -0.4 is 16.0 Å². The lowest BCUT2D eigenvalue weighted by Gasteiger charge is -2.36. The van der Waals surface area contributed by atoms with Gasteiger partial charge in [0.05, 0.1) is 11.6 Å². The largest absolute Gasteiger partial charge is 0.389 e. The van der Waals surface area contributed by atoms with E-state index in [1.54, 1.807) is 13.8 Å². The first-order chi connectivity index (χ1) is 9.90. The van der Waals surface area contributed by atoms with Crippen LogP contribution in [0, 0.1) is 5.92 Å². The van der Waals surface area contributed by atoms with Gasteiger partial charge in [-0.1, -0.05) is 13.3 Å². The first kappa shape index (κ1) is 17.9. The molecule has 3 amide bonds. The van der Waals surface area contributed by atoms with Crippen molar-refractivity contribution in [3.8, 4) is 0 Å². The summed E-state index contributed by atoms with van der Waals surface area (Å²) < 4.78 is 0. The normalized spacial score (nSPS) is 27.0. The molecule has 0 radical (unpaired) electrons. The highest BCUT2D eigenvalue weighted by atomic mass is 16.3. The number of imide groups is 1. The maximum Gasteiger partial charge on any atom is 0.321 e. The van der Waals surface area contributed by atoms with Crippen molar-refractivity contribution in [2.24, 2.45) is 5.92 Å². The van der Waals surface area contributed by atoms with Gasteiger partial charge in [-0.15, -0.1) is 0 Å². The van der Waals surface area contributed by atoms with Gasteiger partial charge >= 0.3 is 6.03 Å². The fraction of sp³-hybridized carbons (Fsp3) is 0.867. The Bertz CT molecular complexity index is 352. The fourth-order valence-electron chi connectivity index (χ4n) is 2.66. The van der Waals surface area contributed by atoms with E-state index in [2.05, 4.69) is 22.9 Å². The second-order valence-electron chi connectivity index (χ2n) is 6.03. The molecule has 0 aromatic rings. The van der Waals surface area contributed by atoms with Gasteiger partial charge in [0.25, 0.3) is 0 Å². The van der Waals surface area contributed by atoms with Gasteiger partial charge in [0.2, 0.25) is 5.91 Å². The Balaban J connectivity index is 2.33. The zero-order valence-electron chi connectivity index (χ0n) is 13.4. The summed E-state index contributed by atoms with van der Waals surface area (Å²) in [5.41, 5.74) is -0.730. The molecule has 0 heterocycles. The van der Waals surface area contributed by atoms with E-state index in [0.29, 0.717) is 19.0 Å². The highest BCUT2D eigenvalue weighted by Gasteiger charge is 2.33. The van der Waals surface area contributed by atoms with Crippen LogP contribution in [0.2, 0.25) is 0 Å². The first-order valence-corrected chi connectivity index (χ1v) is 7.94. The number of rotatable bonds is 6. The summed E-state index contributed by atoms with van der Waals surface area (Å²) in [5.74, 6) is 0.329. The molecule has 0 aromatic heterocycles. The SMILES string of the molecule is CCNC(=O)NC(=O)C(C)NCC1(O)CCC(CC)CC1. The van der Waals surface area contributed by atoms with Gasteiger partial charge in [0.1, 0.15) is 0 Å². The van der Waals surface area contributed by atoms with Gasteiger partial charge in [-0.25, -0.2) is 4.79 Å². The third kappa shape index (κ3) is 6.01. The van der Waals surface area contributed by atoms with E-state index in [1.807, 2.05) is 0 Å². The predicted molar refractivity (Wildman–Crippen MR) is 81.9 cm³/mol. The van der Waals surface area contributed by atoms with Crippen LogP contribution in [-0.2, 0) is 4.79 Å². The maximum absolute atomic E-state index is 11.8. The lowest BCUT2D eigenvalue weighted by Crippen LogP contribution is -2.52. The monoisotopic (exact) mass is 299 g/mol. The van der Waals surface area contributed by atoms with Crippen molar-refractivity contribution in [2.75, 3.05) is 13.1 Å². The molecule has 1 aliphatic carbocycles. The molecule has 21 heavy (non-hydrogen) atoms. The molecule has 6 nitrogen and oxygen atoms in total. The van der Waals surface area contributed by atoms with E-state index in [1.165, 1.54) is 0 Å². The van der Waals surface area contributed by atoms with E-state index in [-0.39, 0.29) is 5.91 Å². The number of aliphatic hydroxyl groups is 1. The van der Waals surface area contributed by atoms with Crippen LogP contribution in [0.5, 0.6) is 0 Å². The molecule has 1 aliphatic rings. The van der Waals surface area contributed by atoms with Crippen LogP contribution in [0.1, 0.15) is 52.9 Å². The van der Waals surface area contributed by atoms with Crippen LogP contribution in [0.15, 0.2) is 0 Å². The molecule has 0 aromatic carbocycles. The summed E-state index contributed by atoms with van der Waals surface area (Å²) >= 11 is 0. The van der Waals surface area contributed by atoms with Gasteiger partial charge < -0.3 is 15.7 Å². The van der Waals surface area contributed by atoms with Crippen LogP contribution in [0.25, 0.3) is 0 Å². The molecule has 6 heteroatoms. The molecule has 0 saturated heterocycles. The molecule has 4 N–H and O–H groups in total. The molecule has 0 spiro atoms. The predicted octanol–water partition coefficient (Wildman–Crippen LogP) is 1.14. The number of hydrogen-bond donors (Lipinski definition) is 4. The average molecular weight is 299 g/mol. The van der Waals surface area contributed by atoms with E-state index >= 15 is 0 Å². The molecular formula is C15H29N3O3. The molecule has 0 bridgehead atoms. The Labute approximate surface area is 127 Å². The van der Waals surface area contributed by atoms with Crippen molar-refractivity contribution in [3.05, 3.63) is 0 Å². The van der Waals surface area contributed by atoms with Crippen LogP contribution >= 0.6 is 0 Å². The minimum Gasteiger partial charge on any atom is -0.389 e. The topological polar surface area (TPSA) is 90.5 Å². The van der Waals surface area contributed by atoms with Crippen molar-refractivity contribution in [3.63, 3.8) is 0 Å². The average Bonchev–Trinajstić information content (AvgIpc) is 2.46. The number of carbonyl (C=O) groups excluding carboxylic acids is 2. The minimum atomic E-state index is -0.730. The molecule has 122 valence electrons. The van der Waals surface area contributed by atoms with Gasteiger partial charge in [0, 0.05) is 13.1 Å². The Kier molecular flexibility index (Phi) is 7.11. The van der Waals surface area contributed by atoms with Crippen LogP contribution in [-0.4, -0.2) is 41.8 Å². The molecule has 1 atom stereocenters.